The molecule has 3 heterocycles. The van der Waals surface area contributed by atoms with Gasteiger partial charge in [-0.15, -0.1) is 11.3 Å². The summed E-state index contributed by atoms with van der Waals surface area (Å²) >= 11 is 1.57. The van der Waals surface area contributed by atoms with E-state index in [2.05, 4.69) is 25.4 Å². The minimum Gasteiger partial charge on any atom is -0.309 e. The molecule has 6 nitrogen and oxygen atoms in total. The quantitative estimate of drug-likeness (QED) is 0.616. The van der Waals surface area contributed by atoms with Crippen molar-refractivity contribution in [1.82, 2.24) is 24.7 Å². The SMILES string of the molecule is Cn1nccc1Nc1nccc(-c2nc(-c3ccccc3)cs2)n1. The molecule has 0 aliphatic rings. The van der Waals surface area contributed by atoms with Crippen LogP contribution < -0.4 is 5.32 Å². The first-order chi connectivity index (χ1) is 11.8. The van der Waals surface area contributed by atoms with Gasteiger partial charge in [0.1, 0.15) is 16.5 Å². The molecule has 0 unspecified atom stereocenters. The monoisotopic (exact) mass is 334 g/mol. The van der Waals surface area contributed by atoms with Crippen LogP contribution in [0.3, 0.4) is 0 Å². The Morgan fingerprint density at radius 1 is 0.958 bits per heavy atom. The van der Waals surface area contributed by atoms with Gasteiger partial charge >= 0.3 is 0 Å². The van der Waals surface area contributed by atoms with Crippen molar-refractivity contribution < 1.29 is 0 Å². The van der Waals surface area contributed by atoms with Crippen LogP contribution in [0.5, 0.6) is 0 Å². The molecule has 0 saturated heterocycles. The fraction of sp³-hybridized carbons (Fsp3) is 0.0588. The van der Waals surface area contributed by atoms with Crippen LogP contribution in [0.25, 0.3) is 22.0 Å². The maximum Gasteiger partial charge on any atom is 0.228 e. The van der Waals surface area contributed by atoms with Crippen LogP contribution in [0.2, 0.25) is 0 Å². The first-order valence-electron chi connectivity index (χ1n) is 7.39. The Hall–Kier alpha value is -3.06. The number of hydrogen-bond acceptors (Lipinski definition) is 6. The second kappa shape index (κ2) is 6.21. The van der Waals surface area contributed by atoms with Gasteiger partial charge in [-0.2, -0.15) is 5.10 Å². The molecule has 0 saturated carbocycles. The van der Waals surface area contributed by atoms with Crippen molar-refractivity contribution in [3.63, 3.8) is 0 Å². The predicted molar refractivity (Wildman–Crippen MR) is 95.1 cm³/mol. The maximum atomic E-state index is 4.69. The first kappa shape index (κ1) is 14.5. The van der Waals surface area contributed by atoms with E-state index in [0.29, 0.717) is 5.95 Å². The minimum atomic E-state index is 0.521. The van der Waals surface area contributed by atoms with E-state index in [1.54, 1.807) is 28.4 Å². The van der Waals surface area contributed by atoms with E-state index in [1.807, 2.05) is 54.9 Å². The van der Waals surface area contributed by atoms with Crippen LogP contribution in [0.1, 0.15) is 0 Å². The number of anilines is 2. The third kappa shape index (κ3) is 2.89. The van der Waals surface area contributed by atoms with Crippen LogP contribution in [-0.2, 0) is 7.05 Å². The highest BCUT2D eigenvalue weighted by atomic mass is 32.1. The molecule has 4 rings (SSSR count). The molecule has 0 radical (unpaired) electrons. The molecule has 7 heteroatoms. The van der Waals surface area contributed by atoms with E-state index in [-0.39, 0.29) is 0 Å². The van der Waals surface area contributed by atoms with Crippen LogP contribution in [0.4, 0.5) is 11.8 Å². The van der Waals surface area contributed by atoms with Crippen molar-refractivity contribution in [2.45, 2.75) is 0 Å². The van der Waals surface area contributed by atoms with E-state index >= 15 is 0 Å². The van der Waals surface area contributed by atoms with Crippen LogP contribution in [0.15, 0.2) is 60.2 Å². The van der Waals surface area contributed by atoms with E-state index in [9.17, 15) is 0 Å². The fourth-order valence-corrected chi connectivity index (χ4v) is 3.08. The number of rotatable bonds is 4. The van der Waals surface area contributed by atoms with Crippen molar-refractivity contribution in [3.05, 3.63) is 60.2 Å². The largest absolute Gasteiger partial charge is 0.309 e. The highest BCUT2D eigenvalue weighted by Gasteiger charge is 2.09. The van der Waals surface area contributed by atoms with E-state index in [0.717, 1.165) is 27.8 Å². The molecule has 0 aliphatic heterocycles. The number of nitrogens with zero attached hydrogens (tertiary/aromatic N) is 5. The zero-order valence-electron chi connectivity index (χ0n) is 12.9. The van der Waals surface area contributed by atoms with Crippen molar-refractivity contribution in [2.75, 3.05) is 5.32 Å². The van der Waals surface area contributed by atoms with Gasteiger partial charge in [0.15, 0.2) is 0 Å². The van der Waals surface area contributed by atoms with Gasteiger partial charge in [-0.25, -0.2) is 15.0 Å². The molecular formula is C17H14N6S. The zero-order chi connectivity index (χ0) is 16.4. The molecule has 0 atom stereocenters. The van der Waals surface area contributed by atoms with Gasteiger partial charge < -0.3 is 5.32 Å². The second-order valence-electron chi connectivity index (χ2n) is 5.13. The van der Waals surface area contributed by atoms with Crippen molar-refractivity contribution in [2.24, 2.45) is 7.05 Å². The summed E-state index contributed by atoms with van der Waals surface area (Å²) in [7, 11) is 1.86. The molecule has 0 amide bonds. The van der Waals surface area contributed by atoms with Crippen molar-refractivity contribution in [3.8, 4) is 22.0 Å². The summed E-state index contributed by atoms with van der Waals surface area (Å²) < 4.78 is 1.73. The molecule has 1 aromatic carbocycles. The Kier molecular flexibility index (Phi) is 3.76. The normalized spacial score (nSPS) is 10.7. The lowest BCUT2D eigenvalue weighted by molar-refractivity contribution is 0.775. The highest BCUT2D eigenvalue weighted by Crippen LogP contribution is 2.28. The fourth-order valence-electron chi connectivity index (χ4n) is 2.28. The molecule has 3 aromatic heterocycles. The molecule has 0 aliphatic carbocycles. The summed E-state index contributed by atoms with van der Waals surface area (Å²) in [5.41, 5.74) is 2.85. The summed E-state index contributed by atoms with van der Waals surface area (Å²) in [5, 5.41) is 10.2. The number of thiazole rings is 1. The summed E-state index contributed by atoms with van der Waals surface area (Å²) in [5.74, 6) is 1.35. The standard InChI is InChI=1S/C17H14N6S/c1-23-15(8-10-19-23)22-17-18-9-7-13(21-17)16-20-14(11-24-16)12-5-3-2-4-6-12/h2-11H,1H3,(H,18,21,22). The molecular weight excluding hydrogens is 320 g/mol. The van der Waals surface area contributed by atoms with E-state index in [4.69, 9.17) is 0 Å². The average Bonchev–Trinajstić information content (AvgIpc) is 3.26. The topological polar surface area (TPSA) is 68.5 Å². The van der Waals surface area contributed by atoms with Gasteiger partial charge in [0.05, 0.1) is 11.9 Å². The van der Waals surface area contributed by atoms with Crippen LogP contribution >= 0.6 is 11.3 Å². The molecule has 0 bridgehead atoms. The average molecular weight is 334 g/mol. The number of benzene rings is 1. The summed E-state index contributed by atoms with van der Waals surface area (Å²) in [6.45, 7) is 0. The predicted octanol–water partition coefficient (Wildman–Crippen LogP) is 3.74. The van der Waals surface area contributed by atoms with Crippen LogP contribution in [0, 0.1) is 0 Å². The molecule has 118 valence electrons. The molecule has 1 N–H and O–H groups in total. The van der Waals surface area contributed by atoms with Gasteiger partial charge in [-0.1, -0.05) is 30.3 Å². The number of aryl methyl sites for hydroxylation is 1. The second-order valence-corrected chi connectivity index (χ2v) is 5.99. The Morgan fingerprint density at radius 2 is 1.83 bits per heavy atom. The Balaban J connectivity index is 1.62. The Bertz CT molecular complexity index is 960. The van der Waals surface area contributed by atoms with E-state index in [1.165, 1.54) is 0 Å². The molecule has 24 heavy (non-hydrogen) atoms. The highest BCUT2D eigenvalue weighted by molar-refractivity contribution is 7.13. The lowest BCUT2D eigenvalue weighted by Gasteiger charge is -2.05. The molecule has 0 spiro atoms. The third-order valence-corrected chi connectivity index (χ3v) is 4.37. The van der Waals surface area contributed by atoms with Gasteiger partial charge in [0.25, 0.3) is 0 Å². The number of aromatic nitrogens is 5. The van der Waals surface area contributed by atoms with Gasteiger partial charge in [-0.3, -0.25) is 4.68 Å². The van der Waals surface area contributed by atoms with Gasteiger partial charge in [-0.05, 0) is 6.07 Å². The lowest BCUT2D eigenvalue weighted by Crippen LogP contribution is -2.02. The zero-order valence-corrected chi connectivity index (χ0v) is 13.7. The minimum absolute atomic E-state index is 0.521. The molecule has 4 aromatic rings. The van der Waals surface area contributed by atoms with Crippen molar-refractivity contribution in [1.29, 1.82) is 0 Å². The summed E-state index contributed by atoms with van der Waals surface area (Å²) in [6, 6.07) is 13.8. The van der Waals surface area contributed by atoms with Crippen molar-refractivity contribution >= 4 is 23.1 Å². The van der Waals surface area contributed by atoms with Crippen LogP contribution in [-0.4, -0.2) is 24.7 Å². The number of hydrogen-bond donors (Lipinski definition) is 1. The summed E-state index contributed by atoms with van der Waals surface area (Å²) in [4.78, 5) is 13.5. The maximum absolute atomic E-state index is 4.69. The Labute approximate surface area is 142 Å². The lowest BCUT2D eigenvalue weighted by atomic mass is 10.2. The Morgan fingerprint density at radius 3 is 2.62 bits per heavy atom. The molecule has 0 fully saturated rings. The van der Waals surface area contributed by atoms with Gasteiger partial charge in [0, 0.05) is 30.3 Å². The third-order valence-electron chi connectivity index (χ3n) is 3.51. The smallest absolute Gasteiger partial charge is 0.228 e. The van der Waals surface area contributed by atoms with E-state index < -0.39 is 0 Å². The first-order valence-corrected chi connectivity index (χ1v) is 8.27. The summed E-state index contributed by atoms with van der Waals surface area (Å²) in [6.07, 6.45) is 3.45. The van der Waals surface area contributed by atoms with Gasteiger partial charge in [0.2, 0.25) is 5.95 Å². The number of nitrogens with one attached hydrogen (secondary N) is 1.